The van der Waals surface area contributed by atoms with E-state index in [9.17, 15) is 18.3 Å². The number of alkyl halides is 3. The molecule has 2 aromatic rings. The Kier molecular flexibility index (Phi) is 7.81. The molecule has 0 saturated carbocycles. The van der Waals surface area contributed by atoms with Gasteiger partial charge in [0.05, 0.1) is 6.54 Å². The molecule has 136 valence electrons. The van der Waals surface area contributed by atoms with Gasteiger partial charge in [0.1, 0.15) is 11.5 Å². The number of phenols is 1. The highest BCUT2D eigenvalue weighted by molar-refractivity contribution is 14.0. The van der Waals surface area contributed by atoms with Crippen molar-refractivity contribution in [2.24, 2.45) is 10.7 Å². The summed E-state index contributed by atoms with van der Waals surface area (Å²) in [6, 6.07) is 12.0. The number of aromatic hydroxyl groups is 1. The van der Waals surface area contributed by atoms with Crippen LogP contribution in [0.5, 0.6) is 11.5 Å². The summed E-state index contributed by atoms with van der Waals surface area (Å²) >= 11 is 0. The average molecular weight is 467 g/mol. The zero-order valence-electron chi connectivity index (χ0n) is 13.0. The summed E-state index contributed by atoms with van der Waals surface area (Å²) in [7, 11) is 0. The molecular formula is C16H17F3IN3O2. The Labute approximate surface area is 159 Å². The molecule has 2 rings (SSSR count). The molecule has 0 spiro atoms. The lowest BCUT2D eigenvalue weighted by molar-refractivity contribution is -0.274. The van der Waals surface area contributed by atoms with Gasteiger partial charge in [-0.05, 0) is 35.4 Å². The Balaban J connectivity index is 0.00000312. The molecule has 0 fully saturated rings. The van der Waals surface area contributed by atoms with Crippen LogP contribution in [-0.4, -0.2) is 17.4 Å². The summed E-state index contributed by atoms with van der Waals surface area (Å²) < 4.78 is 40.0. The molecule has 0 atom stereocenters. The number of halogens is 4. The minimum atomic E-state index is -4.71. The fourth-order valence-electron chi connectivity index (χ4n) is 1.84. The predicted octanol–water partition coefficient (Wildman–Crippen LogP) is 3.51. The fraction of sp³-hybridized carbons (Fsp3) is 0.188. The zero-order chi connectivity index (χ0) is 17.6. The van der Waals surface area contributed by atoms with Gasteiger partial charge >= 0.3 is 6.36 Å². The van der Waals surface area contributed by atoms with Crippen LogP contribution >= 0.6 is 24.0 Å². The van der Waals surface area contributed by atoms with Crippen molar-refractivity contribution in [1.82, 2.24) is 5.32 Å². The van der Waals surface area contributed by atoms with Crippen molar-refractivity contribution in [3.8, 4) is 11.5 Å². The summed E-state index contributed by atoms with van der Waals surface area (Å²) in [4.78, 5) is 4.10. The van der Waals surface area contributed by atoms with Crippen LogP contribution in [0.25, 0.3) is 0 Å². The molecular weight excluding hydrogens is 450 g/mol. The molecule has 0 saturated heterocycles. The first-order valence-electron chi connectivity index (χ1n) is 6.98. The van der Waals surface area contributed by atoms with Crippen LogP contribution in [0.15, 0.2) is 53.5 Å². The highest BCUT2D eigenvalue weighted by Gasteiger charge is 2.30. The van der Waals surface area contributed by atoms with Gasteiger partial charge in [-0.1, -0.05) is 24.3 Å². The Morgan fingerprint density at radius 1 is 1.04 bits per heavy atom. The van der Waals surface area contributed by atoms with Gasteiger partial charge in [-0.15, -0.1) is 37.1 Å². The molecule has 2 aromatic carbocycles. The van der Waals surface area contributed by atoms with Crippen LogP contribution < -0.4 is 15.8 Å². The topological polar surface area (TPSA) is 79.9 Å². The molecule has 0 aliphatic rings. The lowest BCUT2D eigenvalue weighted by atomic mass is 10.2. The Morgan fingerprint density at radius 3 is 2.16 bits per heavy atom. The van der Waals surface area contributed by atoms with E-state index in [0.29, 0.717) is 12.1 Å². The number of aliphatic imine (C=N–C) groups is 1. The molecule has 0 aromatic heterocycles. The average Bonchev–Trinajstić information content (AvgIpc) is 2.52. The van der Waals surface area contributed by atoms with Crippen LogP contribution in [-0.2, 0) is 13.1 Å². The number of phenolic OH excluding ortho intramolecular Hbond substituents is 1. The first-order valence-corrected chi connectivity index (χ1v) is 6.98. The molecule has 5 nitrogen and oxygen atoms in total. The number of hydrogen-bond donors (Lipinski definition) is 3. The molecule has 9 heteroatoms. The second-order valence-corrected chi connectivity index (χ2v) is 4.91. The lowest BCUT2D eigenvalue weighted by Gasteiger charge is -2.09. The molecule has 0 heterocycles. The van der Waals surface area contributed by atoms with E-state index in [1.807, 2.05) is 0 Å². The largest absolute Gasteiger partial charge is 0.573 e. The third-order valence-corrected chi connectivity index (χ3v) is 3.00. The first-order chi connectivity index (χ1) is 11.3. The van der Waals surface area contributed by atoms with Crippen LogP contribution in [0.3, 0.4) is 0 Å². The SMILES string of the molecule is I.NC(=NCc1ccc(OC(F)(F)F)cc1)NCc1ccc(O)cc1. The van der Waals surface area contributed by atoms with E-state index in [4.69, 9.17) is 5.73 Å². The van der Waals surface area contributed by atoms with Crippen molar-refractivity contribution < 1.29 is 23.0 Å². The van der Waals surface area contributed by atoms with Crippen molar-refractivity contribution in [2.75, 3.05) is 0 Å². The molecule has 25 heavy (non-hydrogen) atoms. The number of nitrogens with zero attached hydrogens (tertiary/aromatic N) is 1. The highest BCUT2D eigenvalue weighted by Crippen LogP contribution is 2.22. The smallest absolute Gasteiger partial charge is 0.508 e. The summed E-state index contributed by atoms with van der Waals surface area (Å²) in [5, 5.41) is 12.1. The van der Waals surface area contributed by atoms with Crippen LogP contribution in [0, 0.1) is 0 Å². The summed E-state index contributed by atoms with van der Waals surface area (Å²) in [6.07, 6.45) is -4.71. The van der Waals surface area contributed by atoms with Crippen LogP contribution in [0.1, 0.15) is 11.1 Å². The van der Waals surface area contributed by atoms with Crippen molar-refractivity contribution >= 4 is 29.9 Å². The minimum Gasteiger partial charge on any atom is -0.508 e. The van der Waals surface area contributed by atoms with E-state index >= 15 is 0 Å². The molecule has 0 bridgehead atoms. The maximum atomic E-state index is 12.1. The second-order valence-electron chi connectivity index (χ2n) is 4.91. The van der Waals surface area contributed by atoms with Crippen molar-refractivity contribution in [3.63, 3.8) is 0 Å². The third kappa shape index (κ3) is 7.96. The quantitative estimate of drug-likeness (QED) is 0.357. The number of benzene rings is 2. The first kappa shape index (κ1) is 20.9. The molecule has 0 aliphatic heterocycles. The molecule has 0 unspecified atom stereocenters. The standard InChI is InChI=1S/C16H16F3N3O2.HI/c17-16(18,19)24-14-7-3-12(4-8-14)10-22-15(20)21-9-11-1-5-13(23)6-2-11;/h1-8,23H,9-10H2,(H3,20,21,22);1H. The predicted molar refractivity (Wildman–Crippen MR) is 98.8 cm³/mol. The van der Waals surface area contributed by atoms with Gasteiger partial charge in [0.2, 0.25) is 0 Å². The van der Waals surface area contributed by atoms with E-state index in [-0.39, 0.29) is 48.0 Å². The number of nitrogens with one attached hydrogen (secondary N) is 1. The number of nitrogens with two attached hydrogens (primary N) is 1. The van der Waals surface area contributed by atoms with Gasteiger partial charge in [-0.3, -0.25) is 0 Å². The molecule has 0 radical (unpaired) electrons. The van der Waals surface area contributed by atoms with E-state index in [1.54, 1.807) is 24.3 Å². The summed E-state index contributed by atoms with van der Waals surface area (Å²) in [5.41, 5.74) is 7.34. The number of rotatable bonds is 5. The van der Waals surface area contributed by atoms with Crippen molar-refractivity contribution in [3.05, 3.63) is 59.7 Å². The minimum absolute atomic E-state index is 0. The maximum Gasteiger partial charge on any atom is 0.573 e. The number of guanidine groups is 1. The Bertz CT molecular complexity index is 689. The van der Waals surface area contributed by atoms with E-state index in [0.717, 1.165) is 5.56 Å². The summed E-state index contributed by atoms with van der Waals surface area (Å²) in [6.45, 7) is 0.661. The molecule has 0 aliphatic carbocycles. The van der Waals surface area contributed by atoms with Gasteiger partial charge in [0.15, 0.2) is 5.96 Å². The zero-order valence-corrected chi connectivity index (χ0v) is 15.3. The van der Waals surface area contributed by atoms with Gasteiger partial charge in [0.25, 0.3) is 0 Å². The number of ether oxygens (including phenoxy) is 1. The van der Waals surface area contributed by atoms with Gasteiger partial charge in [-0.25, -0.2) is 4.99 Å². The van der Waals surface area contributed by atoms with E-state index < -0.39 is 6.36 Å². The van der Waals surface area contributed by atoms with Crippen molar-refractivity contribution in [1.29, 1.82) is 0 Å². The number of hydrogen-bond acceptors (Lipinski definition) is 3. The van der Waals surface area contributed by atoms with Gasteiger partial charge < -0.3 is 20.9 Å². The molecule has 0 amide bonds. The molecule has 4 N–H and O–H groups in total. The van der Waals surface area contributed by atoms with Crippen LogP contribution in [0.2, 0.25) is 0 Å². The second kappa shape index (κ2) is 9.35. The van der Waals surface area contributed by atoms with Crippen LogP contribution in [0.4, 0.5) is 13.2 Å². The van der Waals surface area contributed by atoms with E-state index in [2.05, 4.69) is 15.0 Å². The lowest BCUT2D eigenvalue weighted by Crippen LogP contribution is -2.31. The monoisotopic (exact) mass is 467 g/mol. The van der Waals surface area contributed by atoms with Crippen molar-refractivity contribution in [2.45, 2.75) is 19.5 Å². The van der Waals surface area contributed by atoms with Gasteiger partial charge in [-0.2, -0.15) is 0 Å². The Hall–Kier alpha value is -2.17. The fourth-order valence-corrected chi connectivity index (χ4v) is 1.84. The Morgan fingerprint density at radius 2 is 1.60 bits per heavy atom. The van der Waals surface area contributed by atoms with Gasteiger partial charge in [0, 0.05) is 6.54 Å². The maximum absolute atomic E-state index is 12.1. The highest BCUT2D eigenvalue weighted by atomic mass is 127. The summed E-state index contributed by atoms with van der Waals surface area (Å²) in [5.74, 6) is 0.102. The van der Waals surface area contributed by atoms with E-state index in [1.165, 1.54) is 24.3 Å². The third-order valence-electron chi connectivity index (χ3n) is 3.00. The normalized spacial score (nSPS) is 11.6.